The number of allylic oxidation sites excluding steroid dienone is 1. The Kier molecular flexibility index (Phi) is 4.80. The topological polar surface area (TPSA) is 67.8 Å². The second-order valence-electron chi connectivity index (χ2n) is 4.20. The largest absolute Gasteiger partial charge is 0.506 e. The molecule has 0 aliphatic rings. The van der Waals surface area contributed by atoms with Crippen LogP contribution in [0.3, 0.4) is 0 Å². The number of phenolic OH excluding ortho intramolecular Hbond substituents is 1. The molecule has 0 saturated heterocycles. The predicted molar refractivity (Wildman–Crippen MR) is 88.1 cm³/mol. The summed E-state index contributed by atoms with van der Waals surface area (Å²) in [6.45, 7) is 0. The summed E-state index contributed by atoms with van der Waals surface area (Å²) in [5.74, 6) is 0.108. The average molecular weight is 404 g/mol. The zero-order valence-corrected chi connectivity index (χ0v) is 13.8. The molecule has 2 aromatic carbocycles. The Bertz CT molecular complexity index is 791. The van der Waals surface area contributed by atoms with Gasteiger partial charge in [-0.2, -0.15) is 10.5 Å². The van der Waals surface area contributed by atoms with Crippen molar-refractivity contribution in [1.82, 2.24) is 0 Å². The van der Waals surface area contributed by atoms with Crippen LogP contribution in [0.2, 0.25) is 0 Å². The van der Waals surface area contributed by atoms with Crippen molar-refractivity contribution in [3.05, 3.63) is 62.0 Å². The number of phenols is 1. The minimum atomic E-state index is 0.108. The van der Waals surface area contributed by atoms with Gasteiger partial charge in [-0.05, 0) is 73.3 Å². The van der Waals surface area contributed by atoms with E-state index in [0.29, 0.717) is 25.6 Å². The quantitative estimate of drug-likeness (QED) is 0.575. The number of nitriles is 2. The lowest BCUT2D eigenvalue weighted by molar-refractivity contribution is 0.468. The van der Waals surface area contributed by atoms with Gasteiger partial charge in [-0.1, -0.05) is 12.1 Å². The van der Waals surface area contributed by atoms with Crippen molar-refractivity contribution in [2.45, 2.75) is 0 Å². The van der Waals surface area contributed by atoms with Gasteiger partial charge in [0.05, 0.1) is 32.2 Å². The minimum Gasteiger partial charge on any atom is -0.506 e. The van der Waals surface area contributed by atoms with Crippen LogP contribution in [-0.2, 0) is 0 Å². The summed E-state index contributed by atoms with van der Waals surface area (Å²) in [5, 5.41) is 27.9. The third-order valence-electron chi connectivity index (χ3n) is 2.77. The molecule has 0 aliphatic heterocycles. The molecule has 0 spiro atoms. The number of aromatic hydroxyl groups is 1. The summed E-state index contributed by atoms with van der Waals surface area (Å²) in [6.07, 6.45) is 1.70. The van der Waals surface area contributed by atoms with E-state index < -0.39 is 0 Å². The van der Waals surface area contributed by atoms with Gasteiger partial charge >= 0.3 is 0 Å². The van der Waals surface area contributed by atoms with Gasteiger partial charge in [0, 0.05) is 0 Å². The van der Waals surface area contributed by atoms with Gasteiger partial charge in [0.1, 0.15) is 5.75 Å². The maximum Gasteiger partial charge on any atom is 0.143 e. The summed E-state index contributed by atoms with van der Waals surface area (Å²) in [6, 6.07) is 14.5. The van der Waals surface area contributed by atoms with E-state index in [4.69, 9.17) is 5.26 Å². The first kappa shape index (κ1) is 15.3. The smallest absolute Gasteiger partial charge is 0.143 e. The van der Waals surface area contributed by atoms with Crippen LogP contribution in [0.4, 0.5) is 0 Å². The second kappa shape index (κ2) is 6.58. The zero-order valence-electron chi connectivity index (χ0n) is 10.6. The molecule has 0 aromatic heterocycles. The molecule has 0 heterocycles. The molecule has 2 aromatic rings. The van der Waals surface area contributed by atoms with Crippen molar-refractivity contribution in [1.29, 1.82) is 10.5 Å². The molecule has 0 bridgehead atoms. The Balaban J connectivity index is 2.51. The molecule has 0 saturated carbocycles. The SMILES string of the molecule is N#C/C(=C/c1cc(Br)c(O)c(Br)c1)c1cccc(C#N)c1. The fraction of sp³-hybridized carbons (Fsp3) is 0. The average Bonchev–Trinajstić information content (AvgIpc) is 2.50. The van der Waals surface area contributed by atoms with Crippen molar-refractivity contribution >= 4 is 43.5 Å². The molecular weight excluding hydrogens is 396 g/mol. The van der Waals surface area contributed by atoms with Gasteiger partial charge in [-0.25, -0.2) is 0 Å². The maximum absolute atomic E-state index is 9.69. The van der Waals surface area contributed by atoms with E-state index in [1.807, 2.05) is 0 Å². The summed E-state index contributed by atoms with van der Waals surface area (Å²) in [5.41, 5.74) is 2.38. The Morgan fingerprint density at radius 2 is 1.76 bits per heavy atom. The lowest BCUT2D eigenvalue weighted by Crippen LogP contribution is -1.85. The highest BCUT2D eigenvalue weighted by atomic mass is 79.9. The first-order chi connectivity index (χ1) is 10.0. The highest BCUT2D eigenvalue weighted by molar-refractivity contribution is 9.11. The first-order valence-electron chi connectivity index (χ1n) is 5.85. The molecule has 0 radical (unpaired) electrons. The monoisotopic (exact) mass is 402 g/mol. The second-order valence-corrected chi connectivity index (χ2v) is 5.90. The van der Waals surface area contributed by atoms with E-state index in [0.717, 1.165) is 5.56 Å². The lowest BCUT2D eigenvalue weighted by Gasteiger charge is -2.04. The van der Waals surface area contributed by atoms with Crippen molar-refractivity contribution in [3.8, 4) is 17.9 Å². The third-order valence-corrected chi connectivity index (χ3v) is 3.98. The van der Waals surface area contributed by atoms with E-state index in [1.165, 1.54) is 0 Å². The van der Waals surface area contributed by atoms with Gasteiger partial charge in [0.2, 0.25) is 0 Å². The van der Waals surface area contributed by atoms with Crippen molar-refractivity contribution < 1.29 is 5.11 Å². The first-order valence-corrected chi connectivity index (χ1v) is 7.44. The molecule has 2 rings (SSSR count). The molecule has 0 amide bonds. The number of halogens is 2. The number of rotatable bonds is 2. The normalized spacial score (nSPS) is 10.8. The molecule has 0 atom stereocenters. The highest BCUT2D eigenvalue weighted by Gasteiger charge is 2.07. The highest BCUT2D eigenvalue weighted by Crippen LogP contribution is 2.34. The van der Waals surface area contributed by atoms with E-state index in [9.17, 15) is 10.4 Å². The summed E-state index contributed by atoms with van der Waals surface area (Å²) in [4.78, 5) is 0. The standard InChI is InChI=1S/C16H8Br2N2O/c17-14-6-11(7-15(18)16(14)21)5-13(9-20)12-3-1-2-10(4-12)8-19/h1-7,21H/b13-5-. The Labute approximate surface area is 139 Å². The van der Waals surface area contributed by atoms with Gasteiger partial charge in [0.15, 0.2) is 0 Å². The molecule has 0 aliphatic carbocycles. The number of hydrogen-bond acceptors (Lipinski definition) is 3. The summed E-state index contributed by atoms with van der Waals surface area (Å²) in [7, 11) is 0. The van der Waals surface area contributed by atoms with Crippen LogP contribution in [0.5, 0.6) is 5.75 Å². The number of benzene rings is 2. The van der Waals surface area contributed by atoms with Gasteiger partial charge < -0.3 is 5.11 Å². The van der Waals surface area contributed by atoms with E-state index in [2.05, 4.69) is 44.0 Å². The van der Waals surface area contributed by atoms with Crippen LogP contribution < -0.4 is 0 Å². The van der Waals surface area contributed by atoms with E-state index in [-0.39, 0.29) is 5.75 Å². The maximum atomic E-state index is 9.69. The molecule has 0 unspecified atom stereocenters. The fourth-order valence-corrected chi connectivity index (χ4v) is 2.99. The fourth-order valence-electron chi connectivity index (χ4n) is 1.77. The van der Waals surface area contributed by atoms with Crippen LogP contribution in [-0.4, -0.2) is 5.11 Å². The van der Waals surface area contributed by atoms with Crippen LogP contribution in [0.1, 0.15) is 16.7 Å². The number of hydrogen-bond donors (Lipinski definition) is 1. The zero-order chi connectivity index (χ0) is 15.4. The van der Waals surface area contributed by atoms with Crippen molar-refractivity contribution in [3.63, 3.8) is 0 Å². The Morgan fingerprint density at radius 3 is 2.33 bits per heavy atom. The predicted octanol–water partition coefficient (Wildman–Crippen LogP) is 4.85. The molecular formula is C16H8Br2N2O. The summed E-state index contributed by atoms with van der Waals surface area (Å²) < 4.78 is 1.07. The van der Waals surface area contributed by atoms with Gasteiger partial charge in [0.25, 0.3) is 0 Å². The van der Waals surface area contributed by atoms with Crippen LogP contribution in [0.25, 0.3) is 11.6 Å². The minimum absolute atomic E-state index is 0.108. The third kappa shape index (κ3) is 3.52. The Hall–Kier alpha value is -2.08. The van der Waals surface area contributed by atoms with Crippen LogP contribution in [0, 0.1) is 22.7 Å². The molecule has 21 heavy (non-hydrogen) atoms. The molecule has 102 valence electrons. The van der Waals surface area contributed by atoms with Crippen LogP contribution in [0.15, 0.2) is 45.3 Å². The van der Waals surface area contributed by atoms with Gasteiger partial charge in [-0.3, -0.25) is 0 Å². The van der Waals surface area contributed by atoms with E-state index in [1.54, 1.807) is 42.5 Å². The van der Waals surface area contributed by atoms with E-state index >= 15 is 0 Å². The molecule has 3 nitrogen and oxygen atoms in total. The number of nitrogens with zero attached hydrogens (tertiary/aromatic N) is 2. The lowest BCUT2D eigenvalue weighted by atomic mass is 10.0. The van der Waals surface area contributed by atoms with Crippen molar-refractivity contribution in [2.24, 2.45) is 0 Å². The molecule has 0 fully saturated rings. The van der Waals surface area contributed by atoms with Gasteiger partial charge in [-0.15, -0.1) is 0 Å². The Morgan fingerprint density at radius 1 is 1.10 bits per heavy atom. The summed E-state index contributed by atoms with van der Waals surface area (Å²) >= 11 is 6.51. The van der Waals surface area contributed by atoms with Crippen LogP contribution >= 0.6 is 31.9 Å². The molecule has 1 N–H and O–H groups in total. The molecule has 5 heteroatoms. The van der Waals surface area contributed by atoms with Crippen molar-refractivity contribution in [2.75, 3.05) is 0 Å².